The Morgan fingerprint density at radius 2 is 1.96 bits per heavy atom. The average Bonchev–Trinajstić information content (AvgIpc) is 2.49. The number of hydrogen-bond acceptors (Lipinski definition) is 4. The molecule has 0 aliphatic heterocycles. The van der Waals surface area contributed by atoms with Crippen LogP contribution < -0.4 is 10.5 Å². The summed E-state index contributed by atoms with van der Waals surface area (Å²) in [5.41, 5.74) is 0.995. The topological polar surface area (TPSA) is 89.3 Å². The molecule has 9 heteroatoms. The van der Waals surface area contributed by atoms with E-state index in [1.165, 1.54) is 11.8 Å². The Labute approximate surface area is 160 Å². The third-order valence-corrected chi connectivity index (χ3v) is 5.70. The van der Waals surface area contributed by atoms with Crippen LogP contribution in [0.5, 0.6) is 0 Å². The van der Waals surface area contributed by atoms with E-state index in [1.54, 1.807) is 49.4 Å². The normalized spacial score (nSPS) is 12.6. The molecule has 2 aromatic rings. The molecular weight excluding hydrogens is 403 g/mol. The second kappa shape index (κ2) is 8.42. The highest BCUT2D eigenvalue weighted by atomic mass is 35.5. The number of halogens is 2. The number of nitrogens with two attached hydrogens (primary N) is 1. The molecule has 0 spiro atoms. The predicted octanol–water partition coefficient (Wildman–Crippen LogP) is 3.90. The average molecular weight is 419 g/mol. The molecule has 0 saturated heterocycles. The van der Waals surface area contributed by atoms with Gasteiger partial charge in [-0.1, -0.05) is 35.3 Å². The summed E-state index contributed by atoms with van der Waals surface area (Å²) in [6, 6.07) is 11.6. The van der Waals surface area contributed by atoms with Gasteiger partial charge < -0.3 is 5.32 Å². The van der Waals surface area contributed by atoms with Gasteiger partial charge in [0, 0.05) is 15.6 Å². The van der Waals surface area contributed by atoms with E-state index in [-0.39, 0.29) is 11.7 Å². The van der Waals surface area contributed by atoms with Crippen LogP contribution >= 0.6 is 35.0 Å². The van der Waals surface area contributed by atoms with Crippen molar-refractivity contribution in [2.24, 2.45) is 5.14 Å². The molecule has 5 nitrogen and oxygen atoms in total. The molecule has 1 amide bonds. The zero-order valence-corrected chi connectivity index (χ0v) is 16.3. The second-order valence-corrected chi connectivity index (χ2v) is 9.17. The van der Waals surface area contributed by atoms with E-state index in [2.05, 4.69) is 5.32 Å². The highest BCUT2D eigenvalue weighted by molar-refractivity contribution is 8.00. The monoisotopic (exact) mass is 418 g/mol. The minimum Gasteiger partial charge on any atom is -0.325 e. The van der Waals surface area contributed by atoms with E-state index < -0.39 is 15.3 Å². The van der Waals surface area contributed by atoms with Crippen molar-refractivity contribution in [3.8, 4) is 0 Å². The number of rotatable bonds is 6. The summed E-state index contributed by atoms with van der Waals surface area (Å²) in [6.07, 6.45) is 0. The molecular formula is C16H16Cl2N2O3S2. The van der Waals surface area contributed by atoms with Crippen LogP contribution in [0.1, 0.15) is 12.5 Å². The molecule has 3 N–H and O–H groups in total. The summed E-state index contributed by atoms with van der Waals surface area (Å²) in [4.78, 5) is 13.1. The Morgan fingerprint density at radius 1 is 1.24 bits per heavy atom. The van der Waals surface area contributed by atoms with Crippen molar-refractivity contribution in [1.82, 2.24) is 0 Å². The van der Waals surface area contributed by atoms with Gasteiger partial charge in [0.1, 0.15) is 0 Å². The first kappa shape index (κ1) is 20.1. The lowest BCUT2D eigenvalue weighted by atomic mass is 10.2. The first-order valence-electron chi connectivity index (χ1n) is 7.16. The van der Waals surface area contributed by atoms with Crippen LogP contribution in [0.2, 0.25) is 10.0 Å². The molecule has 25 heavy (non-hydrogen) atoms. The number of carbonyl (C=O) groups excluding carboxylic acids is 1. The summed E-state index contributed by atoms with van der Waals surface area (Å²) in [5, 5.41) is 8.41. The minimum absolute atomic E-state index is 0.242. The summed E-state index contributed by atoms with van der Waals surface area (Å²) in [5.74, 6) is -0.534. The maximum atomic E-state index is 12.4. The zero-order valence-electron chi connectivity index (χ0n) is 13.2. The van der Waals surface area contributed by atoms with Gasteiger partial charge in [-0.05, 0) is 42.8 Å². The molecule has 2 rings (SSSR count). The Hall–Kier alpha value is -1.25. The molecule has 1 unspecified atom stereocenters. The van der Waals surface area contributed by atoms with Crippen molar-refractivity contribution in [3.63, 3.8) is 0 Å². The number of thioether (sulfide) groups is 1. The lowest BCUT2D eigenvalue weighted by molar-refractivity contribution is -0.115. The number of sulfonamides is 1. The lowest BCUT2D eigenvalue weighted by Crippen LogP contribution is -2.22. The molecule has 0 saturated carbocycles. The van der Waals surface area contributed by atoms with E-state index in [4.69, 9.17) is 28.3 Å². The second-order valence-electron chi connectivity index (χ2n) is 5.33. The van der Waals surface area contributed by atoms with Crippen LogP contribution in [0, 0.1) is 0 Å². The minimum atomic E-state index is -3.63. The highest BCUT2D eigenvalue weighted by Crippen LogP contribution is 2.33. The fourth-order valence-electron chi connectivity index (χ4n) is 2.03. The van der Waals surface area contributed by atoms with Crippen LogP contribution in [0.4, 0.5) is 5.69 Å². The Kier molecular flexibility index (Phi) is 6.76. The first-order valence-corrected chi connectivity index (χ1v) is 10.5. The summed E-state index contributed by atoms with van der Waals surface area (Å²) in [7, 11) is -3.63. The van der Waals surface area contributed by atoms with Gasteiger partial charge in [-0.15, -0.1) is 11.8 Å². The molecule has 0 bridgehead atoms. The van der Waals surface area contributed by atoms with Gasteiger partial charge in [0.25, 0.3) is 0 Å². The molecule has 0 aromatic heterocycles. The van der Waals surface area contributed by atoms with E-state index in [9.17, 15) is 13.2 Å². The first-order chi connectivity index (χ1) is 11.6. The van der Waals surface area contributed by atoms with Crippen molar-refractivity contribution >= 4 is 56.6 Å². The number of hydrogen-bond donors (Lipinski definition) is 2. The van der Waals surface area contributed by atoms with E-state index in [1.807, 2.05) is 0 Å². The van der Waals surface area contributed by atoms with Crippen molar-refractivity contribution in [2.75, 3.05) is 5.32 Å². The summed E-state index contributed by atoms with van der Waals surface area (Å²) in [6.45, 7) is 1.74. The number of benzene rings is 2. The standard InChI is InChI=1S/C16H16Cl2N2O3S2/c1-10(24-15-8-12(17)5-6-14(15)18)16(21)20-13-4-2-3-11(7-13)9-25(19,22)23/h2-8,10H,9H2,1H3,(H,20,21)(H2,19,22,23). The third kappa shape index (κ3) is 6.52. The number of anilines is 1. The number of carbonyl (C=O) groups is 1. The lowest BCUT2D eigenvalue weighted by Gasteiger charge is -2.13. The zero-order chi connectivity index (χ0) is 18.6. The van der Waals surface area contributed by atoms with Gasteiger partial charge in [0.15, 0.2) is 0 Å². The molecule has 0 aliphatic carbocycles. The maximum absolute atomic E-state index is 12.4. The summed E-state index contributed by atoms with van der Waals surface area (Å²) >= 11 is 13.3. The van der Waals surface area contributed by atoms with Gasteiger partial charge in [-0.25, -0.2) is 13.6 Å². The van der Waals surface area contributed by atoms with Crippen molar-refractivity contribution < 1.29 is 13.2 Å². The molecule has 0 heterocycles. The Morgan fingerprint density at radius 3 is 2.64 bits per heavy atom. The van der Waals surface area contributed by atoms with Crippen molar-refractivity contribution in [3.05, 3.63) is 58.1 Å². The van der Waals surface area contributed by atoms with Crippen LogP contribution in [0.25, 0.3) is 0 Å². The predicted molar refractivity (Wildman–Crippen MR) is 104 cm³/mol. The van der Waals surface area contributed by atoms with E-state index in [0.717, 1.165) is 0 Å². The largest absolute Gasteiger partial charge is 0.325 e. The van der Waals surface area contributed by atoms with Crippen molar-refractivity contribution in [1.29, 1.82) is 0 Å². The third-order valence-electron chi connectivity index (χ3n) is 3.13. The molecule has 0 aliphatic rings. The maximum Gasteiger partial charge on any atom is 0.237 e. The Balaban J connectivity index is 2.06. The van der Waals surface area contributed by atoms with Gasteiger partial charge in [-0.3, -0.25) is 4.79 Å². The highest BCUT2D eigenvalue weighted by Gasteiger charge is 2.17. The van der Waals surface area contributed by atoms with Crippen LogP contribution in [0.3, 0.4) is 0 Å². The Bertz CT molecular complexity index is 889. The van der Waals surface area contributed by atoms with Gasteiger partial charge >= 0.3 is 0 Å². The molecule has 1 atom stereocenters. The molecule has 2 aromatic carbocycles. The van der Waals surface area contributed by atoms with Crippen molar-refractivity contribution in [2.45, 2.75) is 22.8 Å². The fraction of sp³-hybridized carbons (Fsp3) is 0.188. The SMILES string of the molecule is CC(Sc1cc(Cl)ccc1Cl)C(=O)Nc1cccc(CS(N)(=O)=O)c1. The van der Waals surface area contributed by atoms with E-state index in [0.29, 0.717) is 26.2 Å². The van der Waals surface area contributed by atoms with Crippen LogP contribution in [-0.2, 0) is 20.6 Å². The van der Waals surface area contributed by atoms with Gasteiger partial charge in [0.2, 0.25) is 15.9 Å². The molecule has 0 fully saturated rings. The van der Waals surface area contributed by atoms with Gasteiger partial charge in [-0.2, -0.15) is 0 Å². The number of nitrogens with one attached hydrogen (secondary N) is 1. The number of amides is 1. The fourth-order valence-corrected chi connectivity index (χ4v) is 4.08. The molecule has 0 radical (unpaired) electrons. The molecule has 134 valence electrons. The van der Waals surface area contributed by atoms with Crippen LogP contribution in [0.15, 0.2) is 47.4 Å². The van der Waals surface area contributed by atoms with Crippen LogP contribution in [-0.4, -0.2) is 19.6 Å². The quantitative estimate of drug-likeness (QED) is 0.695. The smallest absolute Gasteiger partial charge is 0.237 e. The number of primary sulfonamides is 1. The van der Waals surface area contributed by atoms with Gasteiger partial charge in [0.05, 0.1) is 16.0 Å². The summed E-state index contributed by atoms with van der Waals surface area (Å²) < 4.78 is 22.3. The van der Waals surface area contributed by atoms with E-state index >= 15 is 0 Å².